The van der Waals surface area contributed by atoms with Crippen LogP contribution in [0.3, 0.4) is 0 Å². The minimum absolute atomic E-state index is 0.104. The summed E-state index contributed by atoms with van der Waals surface area (Å²) in [5, 5.41) is 1.65. The smallest absolute Gasteiger partial charge is 0.333 e. The van der Waals surface area contributed by atoms with Crippen LogP contribution in [0.1, 0.15) is 90.4 Å². The van der Waals surface area contributed by atoms with Crippen molar-refractivity contribution < 1.29 is 19.1 Å². The van der Waals surface area contributed by atoms with Crippen LogP contribution in [0, 0.1) is 0 Å². The number of hydrogen-bond acceptors (Lipinski definition) is 6. The molecular weight excluding hydrogens is 392 g/mol. The van der Waals surface area contributed by atoms with Gasteiger partial charge in [-0.05, 0) is 49.3 Å². The van der Waals surface area contributed by atoms with Gasteiger partial charge in [-0.25, -0.2) is 4.79 Å². The van der Waals surface area contributed by atoms with Gasteiger partial charge in [-0.15, -0.1) is 0 Å². The molecule has 0 amide bonds. The van der Waals surface area contributed by atoms with Gasteiger partial charge in [-0.2, -0.15) is 0 Å². The molecule has 6 heteroatoms. The van der Waals surface area contributed by atoms with Crippen LogP contribution < -0.4 is 0 Å². The molecule has 0 N–H and O–H groups in total. The van der Waals surface area contributed by atoms with Crippen LogP contribution in [-0.4, -0.2) is 35.4 Å². The molecule has 0 atom stereocenters. The molecule has 0 fully saturated rings. The zero-order valence-corrected chi connectivity index (χ0v) is 19.0. The maximum Gasteiger partial charge on any atom is 0.333 e. The lowest BCUT2D eigenvalue weighted by Crippen LogP contribution is -2.06. The lowest BCUT2D eigenvalue weighted by Gasteiger charge is -2.06. The summed E-state index contributed by atoms with van der Waals surface area (Å²) in [4.78, 5) is 23.8. The molecule has 0 aliphatic rings. The highest BCUT2D eigenvalue weighted by Gasteiger charge is 2.04. The highest BCUT2D eigenvalue weighted by molar-refractivity contribution is 7.81. The molecule has 0 aliphatic heterocycles. The lowest BCUT2D eigenvalue weighted by atomic mass is 10.1. The quantitative estimate of drug-likeness (QED) is 0.107. The molecule has 0 saturated heterocycles. The summed E-state index contributed by atoms with van der Waals surface area (Å²) in [6, 6.07) is 0. The van der Waals surface area contributed by atoms with Crippen molar-refractivity contribution in [1.29, 1.82) is 0 Å². The Morgan fingerprint density at radius 3 is 1.86 bits per heavy atom. The number of carbonyl (C=O) groups is 2. The van der Waals surface area contributed by atoms with E-state index in [0.717, 1.165) is 56.2 Å². The first kappa shape index (κ1) is 26.9. The van der Waals surface area contributed by atoms with E-state index in [4.69, 9.17) is 33.9 Å². The first-order valence-corrected chi connectivity index (χ1v) is 11.3. The Bertz CT molecular complexity index is 489. The molecule has 4 nitrogen and oxygen atoms in total. The largest absolute Gasteiger partial charge is 0.466 e. The van der Waals surface area contributed by atoms with E-state index in [-0.39, 0.29) is 11.9 Å². The fourth-order valence-electron chi connectivity index (χ4n) is 2.60. The van der Waals surface area contributed by atoms with E-state index in [1.807, 2.05) is 0 Å². The molecule has 0 aromatic rings. The van der Waals surface area contributed by atoms with Crippen LogP contribution in [0.25, 0.3) is 0 Å². The van der Waals surface area contributed by atoms with Crippen molar-refractivity contribution in [2.24, 2.45) is 0 Å². The summed E-state index contributed by atoms with van der Waals surface area (Å²) in [7, 11) is 0. The number of thiocarbonyl (C=S) groups is 2. The summed E-state index contributed by atoms with van der Waals surface area (Å²) < 4.78 is 10.3. The van der Waals surface area contributed by atoms with Gasteiger partial charge in [0.2, 0.25) is 0 Å². The van der Waals surface area contributed by atoms with Gasteiger partial charge in [0.15, 0.2) is 0 Å². The maximum atomic E-state index is 11.6. The minimum atomic E-state index is -0.299. The van der Waals surface area contributed by atoms with Gasteiger partial charge >= 0.3 is 11.9 Å². The lowest BCUT2D eigenvalue weighted by molar-refractivity contribution is -0.144. The van der Waals surface area contributed by atoms with Gasteiger partial charge in [-0.3, -0.25) is 4.79 Å². The average molecular weight is 429 g/mol. The molecule has 160 valence electrons. The molecule has 0 unspecified atom stereocenters. The second kappa shape index (κ2) is 19.2. The fraction of sp³-hybridized carbons (Fsp3) is 0.727. The minimum Gasteiger partial charge on any atom is -0.466 e. The molecule has 0 aliphatic carbocycles. The van der Waals surface area contributed by atoms with Crippen molar-refractivity contribution >= 4 is 46.6 Å². The van der Waals surface area contributed by atoms with E-state index in [0.29, 0.717) is 31.6 Å². The van der Waals surface area contributed by atoms with Crippen molar-refractivity contribution in [3.8, 4) is 0 Å². The van der Waals surface area contributed by atoms with Crippen LogP contribution in [0.5, 0.6) is 0 Å². The van der Waals surface area contributed by atoms with Crippen molar-refractivity contribution in [1.82, 2.24) is 0 Å². The standard InChI is InChI=1S/C22H36O4S2/c1-19(2)22(24)26-17-12-8-6-4-3-5-7-11-16-25-21(23)14-10-9-13-20(28)15-18-27/h18H,1,3-17H2,2H3. The van der Waals surface area contributed by atoms with Crippen LogP contribution in [0.4, 0.5) is 0 Å². The predicted molar refractivity (Wildman–Crippen MR) is 123 cm³/mol. The predicted octanol–water partition coefficient (Wildman–Crippen LogP) is 6.09. The molecule has 0 aromatic carbocycles. The number of unbranched alkanes of at least 4 members (excludes halogenated alkanes) is 8. The van der Waals surface area contributed by atoms with Crippen LogP contribution in [0.2, 0.25) is 0 Å². The van der Waals surface area contributed by atoms with E-state index < -0.39 is 0 Å². The summed E-state index contributed by atoms with van der Waals surface area (Å²) in [5.74, 6) is -0.403. The van der Waals surface area contributed by atoms with Crippen LogP contribution >= 0.6 is 24.4 Å². The Hall–Kier alpha value is -1.14. The molecule has 0 radical (unpaired) electrons. The third-order valence-corrected chi connectivity index (χ3v) is 4.82. The van der Waals surface area contributed by atoms with Gasteiger partial charge < -0.3 is 9.47 Å². The van der Waals surface area contributed by atoms with Gasteiger partial charge in [0.05, 0.1) is 13.2 Å². The third kappa shape index (κ3) is 18.2. The molecule has 0 rings (SSSR count). The Balaban J connectivity index is 3.29. The number of hydrogen-bond donors (Lipinski definition) is 0. The third-order valence-electron chi connectivity index (χ3n) is 4.28. The number of esters is 2. The van der Waals surface area contributed by atoms with E-state index in [1.165, 1.54) is 19.3 Å². The van der Waals surface area contributed by atoms with Crippen LogP contribution in [-0.2, 0) is 19.1 Å². The monoisotopic (exact) mass is 428 g/mol. The number of ether oxygens (including phenoxy) is 2. The topological polar surface area (TPSA) is 52.6 Å². The summed E-state index contributed by atoms with van der Waals surface area (Å²) in [6.07, 6.45) is 12.5. The zero-order chi connectivity index (χ0) is 21.0. The second-order valence-corrected chi connectivity index (χ2v) is 7.99. The molecule has 0 bridgehead atoms. The molecule has 0 heterocycles. The fourth-order valence-corrected chi connectivity index (χ4v) is 3.13. The molecular formula is C22H36O4S2. The Morgan fingerprint density at radius 1 is 0.821 bits per heavy atom. The zero-order valence-electron chi connectivity index (χ0n) is 17.3. The summed E-state index contributed by atoms with van der Waals surface area (Å²) in [5.41, 5.74) is 0.452. The highest BCUT2D eigenvalue weighted by Crippen LogP contribution is 2.10. The molecule has 0 spiro atoms. The number of carbonyl (C=O) groups excluding carboxylic acids is 2. The molecule has 0 aromatic heterocycles. The van der Waals surface area contributed by atoms with E-state index in [2.05, 4.69) is 6.58 Å². The van der Waals surface area contributed by atoms with Crippen molar-refractivity contribution in [3.05, 3.63) is 12.2 Å². The van der Waals surface area contributed by atoms with E-state index >= 15 is 0 Å². The van der Waals surface area contributed by atoms with Crippen molar-refractivity contribution in [2.45, 2.75) is 90.4 Å². The summed E-state index contributed by atoms with van der Waals surface area (Å²) in [6.45, 7) is 6.22. The normalized spacial score (nSPS) is 10.3. The van der Waals surface area contributed by atoms with E-state index in [1.54, 1.807) is 12.3 Å². The first-order valence-electron chi connectivity index (χ1n) is 10.4. The van der Waals surface area contributed by atoms with Crippen molar-refractivity contribution in [3.63, 3.8) is 0 Å². The van der Waals surface area contributed by atoms with Crippen molar-refractivity contribution in [2.75, 3.05) is 13.2 Å². The average Bonchev–Trinajstić information content (AvgIpc) is 2.66. The first-order chi connectivity index (χ1) is 13.5. The van der Waals surface area contributed by atoms with Gasteiger partial charge in [-0.1, -0.05) is 69.5 Å². The Kier molecular flexibility index (Phi) is 18.4. The van der Waals surface area contributed by atoms with Gasteiger partial charge in [0.1, 0.15) is 0 Å². The second-order valence-electron chi connectivity index (χ2n) is 7.08. The summed E-state index contributed by atoms with van der Waals surface area (Å²) >= 11 is 9.94. The van der Waals surface area contributed by atoms with E-state index in [9.17, 15) is 9.59 Å². The number of rotatable bonds is 19. The van der Waals surface area contributed by atoms with Gasteiger partial charge in [0.25, 0.3) is 0 Å². The Labute approximate surface area is 181 Å². The van der Waals surface area contributed by atoms with Gasteiger partial charge in [0, 0.05) is 18.4 Å². The Morgan fingerprint density at radius 2 is 1.32 bits per heavy atom. The molecule has 0 saturated carbocycles. The molecule has 28 heavy (non-hydrogen) atoms. The highest BCUT2D eigenvalue weighted by atomic mass is 32.1. The van der Waals surface area contributed by atoms with Crippen LogP contribution in [0.15, 0.2) is 12.2 Å². The SMILES string of the molecule is C=C(C)C(=O)OCCCCCCCCCCOC(=O)CCCCC(=S)CC=S. The maximum absolute atomic E-state index is 11.6.